The molecular weight excluding hydrogens is 369 g/mol. The predicted molar refractivity (Wildman–Crippen MR) is 110 cm³/mol. The fraction of sp³-hybridized carbons (Fsp3) is 0.0435. The summed E-state index contributed by atoms with van der Waals surface area (Å²) in [7, 11) is 0. The first-order valence-electron chi connectivity index (χ1n) is 9.05. The normalized spacial score (nSPS) is 10.5. The van der Waals surface area contributed by atoms with E-state index in [9.17, 15) is 9.18 Å². The fourth-order valence-electron chi connectivity index (χ4n) is 2.91. The van der Waals surface area contributed by atoms with Gasteiger partial charge in [0.2, 0.25) is 0 Å². The van der Waals surface area contributed by atoms with Gasteiger partial charge in [0, 0.05) is 24.1 Å². The highest BCUT2D eigenvalue weighted by atomic mass is 19.1. The molecule has 0 saturated heterocycles. The van der Waals surface area contributed by atoms with Gasteiger partial charge in [0.1, 0.15) is 5.75 Å². The summed E-state index contributed by atoms with van der Waals surface area (Å²) in [6.07, 6.45) is 4.73. The first-order chi connectivity index (χ1) is 14.2. The van der Waals surface area contributed by atoms with E-state index in [4.69, 9.17) is 4.74 Å². The summed E-state index contributed by atoms with van der Waals surface area (Å²) in [6.45, 7) is -0.218. The van der Waals surface area contributed by atoms with Crippen LogP contribution >= 0.6 is 0 Å². The molecule has 4 rings (SSSR count). The van der Waals surface area contributed by atoms with Gasteiger partial charge in [0.25, 0.3) is 5.91 Å². The molecule has 1 aromatic heterocycles. The zero-order chi connectivity index (χ0) is 20.1. The topological polar surface area (TPSA) is 56.2 Å². The molecule has 0 radical (unpaired) electrons. The fourth-order valence-corrected chi connectivity index (χ4v) is 2.91. The number of anilines is 1. The average molecular weight is 387 g/mol. The standard InChI is InChI=1S/C23H18FN3O2/c24-21-14-20(10-11-22(21)27-13-12-25-16-27)29-15-23(28)26-19-8-6-18(7-9-19)17-4-2-1-3-5-17/h1-14,16H,15H2,(H,26,28). The lowest BCUT2D eigenvalue weighted by Gasteiger charge is -2.10. The molecule has 1 amide bonds. The summed E-state index contributed by atoms with van der Waals surface area (Å²) in [5, 5.41) is 2.77. The molecular formula is C23H18FN3O2. The van der Waals surface area contributed by atoms with Crippen molar-refractivity contribution in [2.45, 2.75) is 0 Å². The SMILES string of the molecule is O=C(COc1ccc(-n2ccnc2)c(F)c1)Nc1ccc(-c2ccccc2)cc1. The number of hydrogen-bond acceptors (Lipinski definition) is 3. The number of imidazole rings is 1. The highest BCUT2D eigenvalue weighted by Gasteiger charge is 2.08. The van der Waals surface area contributed by atoms with Crippen LogP contribution in [0.1, 0.15) is 0 Å². The maximum absolute atomic E-state index is 14.2. The Bertz CT molecular complexity index is 1090. The summed E-state index contributed by atoms with van der Waals surface area (Å²) in [4.78, 5) is 16.0. The number of carbonyl (C=O) groups excluding carboxylic acids is 1. The number of nitrogens with zero attached hydrogens (tertiary/aromatic N) is 2. The summed E-state index contributed by atoms with van der Waals surface area (Å²) in [5.41, 5.74) is 3.20. The molecule has 6 heteroatoms. The van der Waals surface area contributed by atoms with Gasteiger partial charge in [-0.15, -0.1) is 0 Å². The Kier molecular flexibility index (Phi) is 5.33. The number of carbonyl (C=O) groups is 1. The highest BCUT2D eigenvalue weighted by molar-refractivity contribution is 5.92. The van der Waals surface area contributed by atoms with Crippen molar-refractivity contribution >= 4 is 11.6 Å². The van der Waals surface area contributed by atoms with Crippen LogP contribution in [0.25, 0.3) is 16.8 Å². The number of halogens is 1. The molecule has 0 bridgehead atoms. The van der Waals surface area contributed by atoms with E-state index in [-0.39, 0.29) is 18.3 Å². The zero-order valence-electron chi connectivity index (χ0n) is 15.5. The molecule has 0 saturated carbocycles. The van der Waals surface area contributed by atoms with Crippen molar-refractivity contribution in [3.05, 3.63) is 97.3 Å². The molecule has 0 aliphatic rings. The van der Waals surface area contributed by atoms with Crippen molar-refractivity contribution in [1.82, 2.24) is 9.55 Å². The van der Waals surface area contributed by atoms with E-state index in [1.165, 1.54) is 12.4 Å². The molecule has 1 heterocycles. The first kappa shape index (κ1) is 18.4. The first-order valence-corrected chi connectivity index (χ1v) is 9.05. The molecule has 0 spiro atoms. The van der Waals surface area contributed by atoms with Gasteiger partial charge in [0.15, 0.2) is 12.4 Å². The molecule has 0 aliphatic heterocycles. The largest absolute Gasteiger partial charge is 0.484 e. The van der Waals surface area contributed by atoms with Crippen LogP contribution in [0.4, 0.5) is 10.1 Å². The van der Waals surface area contributed by atoms with E-state index < -0.39 is 5.82 Å². The third kappa shape index (κ3) is 4.50. The molecule has 0 unspecified atom stereocenters. The lowest BCUT2D eigenvalue weighted by molar-refractivity contribution is -0.118. The maximum Gasteiger partial charge on any atom is 0.262 e. The Morgan fingerprint density at radius 1 is 1.00 bits per heavy atom. The summed E-state index contributed by atoms with van der Waals surface area (Å²) in [6, 6.07) is 22.0. The second-order valence-corrected chi connectivity index (χ2v) is 6.36. The summed E-state index contributed by atoms with van der Waals surface area (Å²) < 4.78 is 21.2. The van der Waals surface area contributed by atoms with Crippen molar-refractivity contribution in [3.63, 3.8) is 0 Å². The predicted octanol–water partition coefficient (Wildman–Crippen LogP) is 4.70. The Morgan fingerprint density at radius 3 is 2.45 bits per heavy atom. The van der Waals surface area contributed by atoms with Crippen molar-refractivity contribution < 1.29 is 13.9 Å². The number of hydrogen-bond donors (Lipinski definition) is 1. The number of benzene rings is 3. The average Bonchev–Trinajstić information content (AvgIpc) is 3.28. The van der Waals surface area contributed by atoms with Crippen LogP contribution in [-0.2, 0) is 4.79 Å². The molecule has 4 aromatic rings. The highest BCUT2D eigenvalue weighted by Crippen LogP contribution is 2.22. The van der Waals surface area contributed by atoms with Crippen LogP contribution in [0.2, 0.25) is 0 Å². The molecule has 5 nitrogen and oxygen atoms in total. The molecule has 0 aliphatic carbocycles. The Hall–Kier alpha value is -3.93. The Labute approximate surface area is 167 Å². The Balaban J connectivity index is 1.34. The van der Waals surface area contributed by atoms with Gasteiger partial charge in [-0.2, -0.15) is 0 Å². The van der Waals surface area contributed by atoms with Crippen LogP contribution < -0.4 is 10.1 Å². The summed E-state index contributed by atoms with van der Waals surface area (Å²) in [5.74, 6) is -0.505. The number of rotatable bonds is 6. The minimum Gasteiger partial charge on any atom is -0.484 e. The lowest BCUT2D eigenvalue weighted by atomic mass is 10.1. The van der Waals surface area contributed by atoms with E-state index in [1.807, 2.05) is 54.6 Å². The number of amides is 1. The third-order valence-corrected chi connectivity index (χ3v) is 4.35. The van der Waals surface area contributed by atoms with Crippen molar-refractivity contribution in [3.8, 4) is 22.6 Å². The van der Waals surface area contributed by atoms with E-state index >= 15 is 0 Å². The van der Waals surface area contributed by atoms with E-state index in [1.54, 1.807) is 29.1 Å². The minimum absolute atomic E-state index is 0.218. The van der Waals surface area contributed by atoms with Gasteiger partial charge in [-0.25, -0.2) is 9.37 Å². The van der Waals surface area contributed by atoms with Gasteiger partial charge in [-0.05, 0) is 35.4 Å². The second kappa shape index (κ2) is 8.39. The van der Waals surface area contributed by atoms with Gasteiger partial charge in [0.05, 0.1) is 12.0 Å². The van der Waals surface area contributed by atoms with Gasteiger partial charge < -0.3 is 14.6 Å². The van der Waals surface area contributed by atoms with Gasteiger partial charge >= 0.3 is 0 Å². The summed E-state index contributed by atoms with van der Waals surface area (Å²) >= 11 is 0. The van der Waals surface area contributed by atoms with E-state index in [0.29, 0.717) is 11.4 Å². The number of nitrogens with one attached hydrogen (secondary N) is 1. The van der Waals surface area contributed by atoms with Gasteiger partial charge in [-0.1, -0.05) is 42.5 Å². The van der Waals surface area contributed by atoms with Crippen LogP contribution in [0.3, 0.4) is 0 Å². The van der Waals surface area contributed by atoms with E-state index in [2.05, 4.69) is 10.3 Å². The molecule has 3 aromatic carbocycles. The van der Waals surface area contributed by atoms with Crippen LogP contribution in [-0.4, -0.2) is 22.1 Å². The van der Waals surface area contributed by atoms with E-state index in [0.717, 1.165) is 11.1 Å². The van der Waals surface area contributed by atoms with Crippen LogP contribution in [0, 0.1) is 5.82 Å². The molecule has 29 heavy (non-hydrogen) atoms. The van der Waals surface area contributed by atoms with Crippen molar-refractivity contribution in [2.24, 2.45) is 0 Å². The number of ether oxygens (including phenoxy) is 1. The smallest absolute Gasteiger partial charge is 0.262 e. The molecule has 144 valence electrons. The second-order valence-electron chi connectivity index (χ2n) is 6.36. The van der Waals surface area contributed by atoms with Crippen molar-refractivity contribution in [2.75, 3.05) is 11.9 Å². The maximum atomic E-state index is 14.2. The zero-order valence-corrected chi connectivity index (χ0v) is 15.5. The monoisotopic (exact) mass is 387 g/mol. The van der Waals surface area contributed by atoms with Crippen LogP contribution in [0.15, 0.2) is 91.5 Å². The molecule has 0 fully saturated rings. The third-order valence-electron chi connectivity index (χ3n) is 4.35. The van der Waals surface area contributed by atoms with Crippen LogP contribution in [0.5, 0.6) is 5.75 Å². The molecule has 0 atom stereocenters. The minimum atomic E-state index is -0.461. The lowest BCUT2D eigenvalue weighted by Crippen LogP contribution is -2.20. The number of aromatic nitrogens is 2. The Morgan fingerprint density at radius 2 is 1.76 bits per heavy atom. The quantitative estimate of drug-likeness (QED) is 0.522. The van der Waals surface area contributed by atoms with Crippen molar-refractivity contribution in [1.29, 1.82) is 0 Å². The molecule has 1 N–H and O–H groups in total. The van der Waals surface area contributed by atoms with Gasteiger partial charge in [-0.3, -0.25) is 4.79 Å².